The molecule has 3 saturated heterocycles. The molecule has 6 heterocycles. The van der Waals surface area contributed by atoms with E-state index in [0.717, 1.165) is 110 Å². The first-order chi connectivity index (χ1) is 25.9. The number of aliphatic hydroxyl groups excluding tert-OH is 1. The highest BCUT2D eigenvalue weighted by atomic mass is 16.5. The van der Waals surface area contributed by atoms with Gasteiger partial charge in [0, 0.05) is 130 Å². The predicted octanol–water partition coefficient (Wildman–Crippen LogP) is 4.55. The van der Waals surface area contributed by atoms with E-state index in [-0.39, 0.29) is 11.9 Å². The summed E-state index contributed by atoms with van der Waals surface area (Å²) in [5.41, 5.74) is 13.4. The van der Waals surface area contributed by atoms with Crippen molar-refractivity contribution in [3.05, 3.63) is 83.6 Å². The Balaban J connectivity index is 0.00000214. The zero-order chi connectivity index (χ0) is 37.0. The number of nitrogens with zero attached hydrogens (tertiary/aromatic N) is 6. The number of benzene rings is 1. The molecule has 4 fully saturated rings. The summed E-state index contributed by atoms with van der Waals surface area (Å²) < 4.78 is 5.56. The maximum atomic E-state index is 12.4. The van der Waals surface area contributed by atoms with Crippen LogP contribution in [0.1, 0.15) is 73.5 Å². The Bertz CT molecular complexity index is 1930. The van der Waals surface area contributed by atoms with Crippen LogP contribution in [0, 0.1) is 11.3 Å². The third-order valence-electron chi connectivity index (χ3n) is 11.4. The highest BCUT2D eigenvalue weighted by Crippen LogP contribution is 2.54. The number of nitrogens with two attached hydrogens (primary N) is 1. The molecule has 1 aliphatic carbocycles. The molecule has 12 heteroatoms. The number of dihydropyridines is 1. The van der Waals surface area contributed by atoms with Gasteiger partial charge in [0.15, 0.2) is 6.29 Å². The number of nitrogens with one attached hydrogen (secondary N) is 1. The van der Waals surface area contributed by atoms with Crippen molar-refractivity contribution in [2.45, 2.75) is 64.0 Å². The number of amides is 1. The molecule has 0 bridgehead atoms. The lowest BCUT2D eigenvalue weighted by Gasteiger charge is -2.59. The van der Waals surface area contributed by atoms with E-state index >= 15 is 0 Å². The van der Waals surface area contributed by atoms with Gasteiger partial charge >= 0.3 is 0 Å². The second-order valence-corrected chi connectivity index (χ2v) is 15.0. The van der Waals surface area contributed by atoms with Gasteiger partial charge in [0.1, 0.15) is 0 Å². The monoisotopic (exact) mass is 718 g/mol. The highest BCUT2D eigenvalue weighted by Gasteiger charge is 2.52. The van der Waals surface area contributed by atoms with Gasteiger partial charge in [0.25, 0.3) is 0 Å². The fourth-order valence-corrected chi connectivity index (χ4v) is 8.53. The minimum Gasteiger partial charge on any atom is -0.400 e. The van der Waals surface area contributed by atoms with E-state index in [1.165, 1.54) is 19.3 Å². The van der Waals surface area contributed by atoms with Crippen LogP contribution < -0.4 is 16.0 Å². The van der Waals surface area contributed by atoms with Crippen LogP contribution in [0.2, 0.25) is 0 Å². The number of pyridine rings is 1. The Morgan fingerprint density at radius 3 is 2.58 bits per heavy atom. The van der Waals surface area contributed by atoms with Gasteiger partial charge in [-0.05, 0) is 55.9 Å². The topological polar surface area (TPSA) is 159 Å². The third-order valence-corrected chi connectivity index (χ3v) is 11.4. The number of aliphatic hydroxyl groups is 1. The number of carbonyl (C=O) groups is 2. The van der Waals surface area contributed by atoms with Gasteiger partial charge in [-0.25, -0.2) is 9.97 Å². The van der Waals surface area contributed by atoms with Crippen LogP contribution in [0.5, 0.6) is 0 Å². The van der Waals surface area contributed by atoms with E-state index < -0.39 is 0 Å². The maximum Gasteiger partial charge on any atom is 0.225 e. The molecule has 1 aromatic carbocycles. The number of aliphatic imine (C=N–C) groups is 1. The van der Waals surface area contributed by atoms with E-state index in [1.54, 1.807) is 19.3 Å². The lowest BCUT2D eigenvalue weighted by molar-refractivity contribution is -0.128. The molecule has 3 aromatic rings. The molecule has 0 radical (unpaired) electrons. The van der Waals surface area contributed by atoms with Crippen LogP contribution in [0.3, 0.4) is 0 Å². The molecule has 12 nitrogen and oxygen atoms in total. The first-order valence-corrected chi connectivity index (χ1v) is 18.8. The van der Waals surface area contributed by atoms with Crippen LogP contribution in [-0.4, -0.2) is 101 Å². The number of allylic oxidation sites excluding steroid dienone is 2. The van der Waals surface area contributed by atoms with Gasteiger partial charge in [0.2, 0.25) is 11.9 Å². The van der Waals surface area contributed by atoms with Gasteiger partial charge in [-0.1, -0.05) is 30.4 Å². The Morgan fingerprint density at radius 1 is 1.11 bits per heavy atom. The molecule has 5 aliphatic rings. The number of rotatable bonds is 8. The first-order valence-electron chi connectivity index (χ1n) is 18.8. The lowest BCUT2D eigenvalue weighted by Crippen LogP contribution is -2.62. The quantitative estimate of drug-likeness (QED) is 0.282. The zero-order valence-corrected chi connectivity index (χ0v) is 30.7. The van der Waals surface area contributed by atoms with Crippen molar-refractivity contribution in [3.8, 4) is 0 Å². The molecule has 1 saturated carbocycles. The smallest absolute Gasteiger partial charge is 0.225 e. The van der Waals surface area contributed by atoms with Crippen molar-refractivity contribution in [1.82, 2.24) is 25.2 Å². The summed E-state index contributed by atoms with van der Waals surface area (Å²) in [5, 5.41) is 12.7. The molecule has 4 N–H and O–H groups in total. The van der Waals surface area contributed by atoms with Crippen molar-refractivity contribution < 1.29 is 19.4 Å². The van der Waals surface area contributed by atoms with Gasteiger partial charge in [-0.15, -0.1) is 0 Å². The van der Waals surface area contributed by atoms with Crippen molar-refractivity contribution >= 4 is 45.9 Å². The number of anilines is 1. The number of aromatic nitrogens is 3. The lowest BCUT2D eigenvalue weighted by atomic mass is 9.56. The molecule has 1 atom stereocenters. The second kappa shape index (κ2) is 16.0. The van der Waals surface area contributed by atoms with Crippen molar-refractivity contribution in [1.29, 1.82) is 0 Å². The van der Waals surface area contributed by atoms with Crippen LogP contribution in [0.25, 0.3) is 22.0 Å². The average Bonchev–Trinajstić information content (AvgIpc) is 3.17. The average molecular weight is 719 g/mol. The molecule has 1 unspecified atom stereocenters. The molecule has 1 spiro atoms. The Kier molecular flexibility index (Phi) is 11.0. The Morgan fingerprint density at radius 2 is 1.89 bits per heavy atom. The standard InChI is InChI=1S/C40H46N8O3.CH4O/c1-26(50)47-12-9-36(46-32-10-13-51-14-11-32)35(22-47)38(41)33-4-2-3-29-15-37(43-21-34(29)33)30-6-8-31(42-20-30)7-5-27-16-40(17-27)24-48(25-40)39-44-18-28(23-49)19-45-39;1-2/h2-4,6,8,15,18-21,23,27,31-32,42H,5,7,9-14,16-17,22,24-25,41H2,1H3;2H,1H3/b38-35-,46-36?;. The van der Waals surface area contributed by atoms with E-state index in [1.807, 2.05) is 23.2 Å². The number of piperidine rings is 1. The van der Waals surface area contributed by atoms with Crippen LogP contribution in [0.15, 0.2) is 71.8 Å². The summed E-state index contributed by atoms with van der Waals surface area (Å²) in [7, 11) is 1.00. The fourth-order valence-electron chi connectivity index (χ4n) is 8.53. The Hall–Kier alpha value is -4.94. The second-order valence-electron chi connectivity index (χ2n) is 15.0. The van der Waals surface area contributed by atoms with E-state index in [0.29, 0.717) is 42.2 Å². The molecular formula is C41H50N8O4. The van der Waals surface area contributed by atoms with Gasteiger partial charge in [-0.3, -0.25) is 19.6 Å². The summed E-state index contributed by atoms with van der Waals surface area (Å²) in [6, 6.07) is 8.86. The SMILES string of the molecule is CC(=O)N1CCC(=NC2CCOCC2)/C(=C(\N)c2cccc3cc(C4=CNC(CCC5CC6(C5)CN(c5ncc(C=O)cn5)C6)C=C4)ncc23)C1.CO. The molecule has 2 aromatic heterocycles. The summed E-state index contributed by atoms with van der Waals surface area (Å²) in [6.07, 6.45) is 19.8. The largest absolute Gasteiger partial charge is 0.400 e. The van der Waals surface area contributed by atoms with Crippen molar-refractivity contribution in [2.75, 3.05) is 51.4 Å². The van der Waals surface area contributed by atoms with E-state index in [2.05, 4.69) is 50.7 Å². The molecule has 4 aliphatic heterocycles. The third kappa shape index (κ3) is 7.89. The van der Waals surface area contributed by atoms with Crippen molar-refractivity contribution in [3.63, 3.8) is 0 Å². The number of ether oxygens (including phenoxy) is 1. The number of hydrogen-bond acceptors (Lipinski definition) is 11. The zero-order valence-electron chi connectivity index (χ0n) is 30.7. The number of likely N-dealkylation sites (tertiary alicyclic amines) is 1. The molecule has 1 amide bonds. The van der Waals surface area contributed by atoms with Gasteiger partial charge in [0.05, 0.1) is 17.3 Å². The van der Waals surface area contributed by atoms with Gasteiger partial charge in [-0.2, -0.15) is 0 Å². The minimum absolute atomic E-state index is 0.0491. The number of fused-ring (bicyclic) bond motifs is 1. The minimum atomic E-state index is 0.0491. The first kappa shape index (κ1) is 36.4. The highest BCUT2D eigenvalue weighted by molar-refractivity contribution is 6.10. The Labute approximate surface area is 310 Å². The molecular weight excluding hydrogens is 669 g/mol. The molecule has 53 heavy (non-hydrogen) atoms. The van der Waals surface area contributed by atoms with Crippen LogP contribution in [0.4, 0.5) is 5.95 Å². The summed E-state index contributed by atoms with van der Waals surface area (Å²) in [5.74, 6) is 1.53. The molecule has 278 valence electrons. The van der Waals surface area contributed by atoms with Crippen LogP contribution >= 0.6 is 0 Å². The summed E-state index contributed by atoms with van der Waals surface area (Å²) in [4.78, 5) is 46.1. The summed E-state index contributed by atoms with van der Waals surface area (Å²) in [6.45, 7) is 6.21. The van der Waals surface area contributed by atoms with Crippen LogP contribution in [-0.2, 0) is 9.53 Å². The van der Waals surface area contributed by atoms with Gasteiger partial charge < -0.3 is 30.7 Å². The number of hydrogen-bond donors (Lipinski definition) is 3. The van der Waals surface area contributed by atoms with E-state index in [4.69, 9.17) is 25.6 Å². The van der Waals surface area contributed by atoms with Crippen molar-refractivity contribution in [2.24, 2.45) is 22.1 Å². The summed E-state index contributed by atoms with van der Waals surface area (Å²) >= 11 is 0. The number of carbonyl (C=O) groups excluding carboxylic acids is 2. The fraction of sp³-hybridized carbons (Fsp3) is 0.463. The molecule has 8 rings (SSSR count). The number of aldehydes is 1. The van der Waals surface area contributed by atoms with E-state index in [9.17, 15) is 9.59 Å². The normalized spacial score (nSPS) is 23.0. The maximum absolute atomic E-state index is 12.4. The predicted molar refractivity (Wildman–Crippen MR) is 207 cm³/mol.